The Balaban J connectivity index is 2.11. The highest BCUT2D eigenvalue weighted by Gasteiger charge is 2.44. The summed E-state index contributed by atoms with van der Waals surface area (Å²) in [7, 11) is 0. The lowest BCUT2D eigenvalue weighted by Gasteiger charge is -2.39. The summed E-state index contributed by atoms with van der Waals surface area (Å²) >= 11 is 0. The second kappa shape index (κ2) is 11.1. The molecule has 4 atom stereocenters. The van der Waals surface area contributed by atoms with Crippen molar-refractivity contribution in [1.29, 1.82) is 0 Å². The van der Waals surface area contributed by atoms with E-state index >= 15 is 0 Å². The van der Waals surface area contributed by atoms with Crippen molar-refractivity contribution in [1.82, 2.24) is 0 Å². The Labute approximate surface area is 173 Å². The van der Waals surface area contributed by atoms with Crippen LogP contribution in [0.3, 0.4) is 0 Å². The summed E-state index contributed by atoms with van der Waals surface area (Å²) in [6.45, 7) is 3.32. The second-order valence-corrected chi connectivity index (χ2v) is 6.55. The Morgan fingerprint density at radius 3 is 2.23 bits per heavy atom. The molecule has 0 amide bonds. The van der Waals surface area contributed by atoms with E-state index in [1.54, 1.807) is 6.08 Å². The largest absolute Gasteiger partial charge is 0.463 e. The maximum Gasteiger partial charge on any atom is 0.333 e. The van der Waals surface area contributed by atoms with Crippen LogP contribution in [0.2, 0.25) is 0 Å². The van der Waals surface area contributed by atoms with Gasteiger partial charge in [-0.15, -0.1) is 0 Å². The standard InChI is InChI=1S/C21H24O9/c1-13(22)26-12-18-21(28-15(3)24)17(27-14(2)23)11-20(29-18)30-19(25)10-9-16-7-5-4-6-8-16/h4-10,17-18,20-21H,11-12H2,1-3H3/b10-9+/t17-,18-,20+,21+/m1/s1. The lowest BCUT2D eigenvalue weighted by Crippen LogP contribution is -2.54. The van der Waals surface area contributed by atoms with Gasteiger partial charge in [0, 0.05) is 26.8 Å². The van der Waals surface area contributed by atoms with Crippen LogP contribution in [-0.2, 0) is 42.9 Å². The van der Waals surface area contributed by atoms with Crippen molar-refractivity contribution in [2.75, 3.05) is 6.61 Å². The van der Waals surface area contributed by atoms with Crippen LogP contribution in [0.4, 0.5) is 0 Å². The van der Waals surface area contributed by atoms with E-state index in [9.17, 15) is 19.2 Å². The lowest BCUT2D eigenvalue weighted by molar-refractivity contribution is -0.259. The van der Waals surface area contributed by atoms with Crippen LogP contribution in [0.15, 0.2) is 36.4 Å². The van der Waals surface area contributed by atoms with E-state index in [2.05, 4.69) is 0 Å². The van der Waals surface area contributed by atoms with E-state index in [1.807, 2.05) is 30.3 Å². The summed E-state index contributed by atoms with van der Waals surface area (Å²) in [5.74, 6) is -2.49. The number of benzene rings is 1. The van der Waals surface area contributed by atoms with Crippen LogP contribution < -0.4 is 0 Å². The first kappa shape index (κ1) is 23.1. The Morgan fingerprint density at radius 1 is 0.967 bits per heavy atom. The van der Waals surface area contributed by atoms with Crippen molar-refractivity contribution in [2.24, 2.45) is 0 Å². The van der Waals surface area contributed by atoms with Gasteiger partial charge in [0.1, 0.15) is 18.8 Å². The van der Waals surface area contributed by atoms with Crippen molar-refractivity contribution >= 4 is 30.0 Å². The molecule has 9 nitrogen and oxygen atoms in total. The number of esters is 4. The normalized spacial score (nSPS) is 23.4. The Bertz CT molecular complexity index is 787. The van der Waals surface area contributed by atoms with Crippen molar-refractivity contribution in [3.63, 3.8) is 0 Å². The minimum atomic E-state index is -1.10. The molecule has 0 unspecified atom stereocenters. The van der Waals surface area contributed by atoms with E-state index in [1.165, 1.54) is 26.8 Å². The molecule has 0 spiro atoms. The Hall–Kier alpha value is -3.20. The summed E-state index contributed by atoms with van der Waals surface area (Å²) in [5, 5.41) is 0. The van der Waals surface area contributed by atoms with Crippen molar-refractivity contribution in [3.05, 3.63) is 42.0 Å². The van der Waals surface area contributed by atoms with Gasteiger partial charge in [-0.25, -0.2) is 4.79 Å². The van der Waals surface area contributed by atoms with Gasteiger partial charge >= 0.3 is 23.9 Å². The molecular formula is C21H24O9. The zero-order valence-corrected chi connectivity index (χ0v) is 16.9. The average Bonchev–Trinajstić information content (AvgIpc) is 2.67. The molecule has 0 radical (unpaired) electrons. The Kier molecular flexibility index (Phi) is 8.54. The summed E-state index contributed by atoms with van der Waals surface area (Å²) in [5.41, 5.74) is 0.805. The highest BCUT2D eigenvalue weighted by molar-refractivity contribution is 5.87. The second-order valence-electron chi connectivity index (χ2n) is 6.55. The first-order valence-corrected chi connectivity index (χ1v) is 9.31. The topological polar surface area (TPSA) is 114 Å². The molecule has 1 aromatic rings. The van der Waals surface area contributed by atoms with Crippen LogP contribution in [0, 0.1) is 0 Å². The predicted molar refractivity (Wildman–Crippen MR) is 103 cm³/mol. The van der Waals surface area contributed by atoms with E-state index < -0.39 is 48.5 Å². The molecule has 1 heterocycles. The first-order valence-electron chi connectivity index (χ1n) is 9.31. The maximum atomic E-state index is 12.2. The third-order valence-corrected chi connectivity index (χ3v) is 4.01. The summed E-state index contributed by atoms with van der Waals surface area (Å²) in [6.07, 6.45) is -1.32. The summed E-state index contributed by atoms with van der Waals surface area (Å²) in [6, 6.07) is 9.14. The smallest absolute Gasteiger partial charge is 0.333 e. The Morgan fingerprint density at radius 2 is 1.63 bits per heavy atom. The molecule has 0 saturated carbocycles. The van der Waals surface area contributed by atoms with Gasteiger partial charge in [0.2, 0.25) is 6.29 Å². The van der Waals surface area contributed by atoms with Gasteiger partial charge in [0.05, 0.1) is 6.42 Å². The molecule has 1 aliphatic heterocycles. The van der Waals surface area contributed by atoms with Crippen molar-refractivity contribution in [3.8, 4) is 0 Å². The van der Waals surface area contributed by atoms with E-state index in [-0.39, 0.29) is 13.0 Å². The molecular weight excluding hydrogens is 396 g/mol. The SMILES string of the molecule is CC(=O)OC[C@H]1O[C@@H](OC(=O)/C=C/c2ccccc2)C[C@@H](OC(C)=O)[C@@H]1OC(C)=O. The molecule has 9 heteroatoms. The minimum absolute atomic E-state index is 0.0565. The van der Waals surface area contributed by atoms with Gasteiger partial charge in [0.25, 0.3) is 0 Å². The van der Waals surface area contributed by atoms with Gasteiger partial charge in [0.15, 0.2) is 6.10 Å². The molecule has 1 aromatic carbocycles. The van der Waals surface area contributed by atoms with E-state index in [0.29, 0.717) is 0 Å². The van der Waals surface area contributed by atoms with Crippen LogP contribution in [-0.4, -0.2) is 55.1 Å². The summed E-state index contributed by atoms with van der Waals surface area (Å²) < 4.78 is 26.4. The van der Waals surface area contributed by atoms with E-state index in [0.717, 1.165) is 5.56 Å². The zero-order valence-electron chi connectivity index (χ0n) is 16.9. The van der Waals surface area contributed by atoms with Gasteiger partial charge in [-0.1, -0.05) is 30.3 Å². The lowest BCUT2D eigenvalue weighted by atomic mass is 10.0. The highest BCUT2D eigenvalue weighted by atomic mass is 16.7. The fraction of sp³-hybridized carbons (Fsp3) is 0.429. The predicted octanol–water partition coefficient (Wildman–Crippen LogP) is 1.78. The summed E-state index contributed by atoms with van der Waals surface area (Å²) in [4.78, 5) is 46.3. The molecule has 1 fully saturated rings. The molecule has 2 rings (SSSR count). The van der Waals surface area contributed by atoms with Crippen molar-refractivity contribution in [2.45, 2.75) is 51.8 Å². The average molecular weight is 420 g/mol. The van der Waals surface area contributed by atoms with Crippen LogP contribution >= 0.6 is 0 Å². The third-order valence-electron chi connectivity index (χ3n) is 4.01. The molecule has 162 valence electrons. The van der Waals surface area contributed by atoms with E-state index in [4.69, 9.17) is 23.7 Å². The molecule has 1 aliphatic rings. The third kappa shape index (κ3) is 7.67. The fourth-order valence-corrected chi connectivity index (χ4v) is 2.87. The number of rotatable bonds is 7. The number of ether oxygens (including phenoxy) is 5. The molecule has 0 bridgehead atoms. The monoisotopic (exact) mass is 420 g/mol. The number of carbonyl (C=O) groups is 4. The molecule has 0 N–H and O–H groups in total. The van der Waals surface area contributed by atoms with Crippen molar-refractivity contribution < 1.29 is 42.9 Å². The van der Waals surface area contributed by atoms with Gasteiger partial charge < -0.3 is 23.7 Å². The number of carbonyl (C=O) groups excluding carboxylic acids is 4. The number of hydrogen-bond acceptors (Lipinski definition) is 9. The first-order chi connectivity index (χ1) is 14.2. The van der Waals surface area contributed by atoms with Gasteiger partial charge in [-0.2, -0.15) is 0 Å². The minimum Gasteiger partial charge on any atom is -0.463 e. The molecule has 1 saturated heterocycles. The highest BCUT2D eigenvalue weighted by Crippen LogP contribution is 2.27. The molecule has 30 heavy (non-hydrogen) atoms. The van der Waals surface area contributed by atoms with Crippen LogP contribution in [0.25, 0.3) is 6.08 Å². The zero-order chi connectivity index (χ0) is 22.1. The molecule has 0 aliphatic carbocycles. The quantitative estimate of drug-likeness (QED) is 0.370. The number of hydrogen-bond donors (Lipinski definition) is 0. The van der Waals surface area contributed by atoms with Gasteiger partial charge in [-0.3, -0.25) is 14.4 Å². The van der Waals surface area contributed by atoms with Crippen LogP contribution in [0.1, 0.15) is 32.8 Å². The fourth-order valence-electron chi connectivity index (χ4n) is 2.87. The van der Waals surface area contributed by atoms with Crippen LogP contribution in [0.5, 0.6) is 0 Å². The molecule has 0 aromatic heterocycles. The maximum absolute atomic E-state index is 12.2. The van der Waals surface area contributed by atoms with Gasteiger partial charge in [-0.05, 0) is 11.6 Å².